The molecule has 1 aromatic heterocycles. The van der Waals surface area contributed by atoms with Crippen molar-refractivity contribution < 1.29 is 24.3 Å². The summed E-state index contributed by atoms with van der Waals surface area (Å²) in [5, 5.41) is 17.3. The molecule has 35 heavy (non-hydrogen) atoms. The summed E-state index contributed by atoms with van der Waals surface area (Å²) < 4.78 is 0. The van der Waals surface area contributed by atoms with Crippen molar-refractivity contribution in [2.75, 3.05) is 18.6 Å². The molecule has 13 heteroatoms. The van der Waals surface area contributed by atoms with Crippen molar-refractivity contribution in [3.8, 4) is 0 Å². The van der Waals surface area contributed by atoms with E-state index >= 15 is 0 Å². The zero-order chi connectivity index (χ0) is 26.4. The van der Waals surface area contributed by atoms with Gasteiger partial charge in [-0.25, -0.2) is 9.78 Å². The molecule has 3 amide bonds. The molecule has 0 spiro atoms. The van der Waals surface area contributed by atoms with Gasteiger partial charge in [0.2, 0.25) is 17.7 Å². The van der Waals surface area contributed by atoms with Crippen LogP contribution in [0.3, 0.4) is 0 Å². The molecule has 4 atom stereocenters. The second-order valence-electron chi connectivity index (χ2n) is 8.64. The fourth-order valence-corrected chi connectivity index (χ4v) is 3.78. The van der Waals surface area contributed by atoms with Crippen LogP contribution in [0.5, 0.6) is 0 Å². The zero-order valence-corrected chi connectivity index (χ0v) is 21.4. The molecule has 9 N–H and O–H groups in total. The fraction of sp³-hybridized carbons (Fsp3) is 0.682. The minimum atomic E-state index is -1.14. The van der Waals surface area contributed by atoms with E-state index in [1.807, 2.05) is 6.26 Å². The van der Waals surface area contributed by atoms with Crippen molar-refractivity contribution in [2.24, 2.45) is 17.4 Å². The molecule has 0 aliphatic carbocycles. The molecule has 0 aliphatic rings. The highest BCUT2D eigenvalue weighted by molar-refractivity contribution is 7.98. The van der Waals surface area contributed by atoms with Crippen LogP contribution in [0.4, 0.5) is 0 Å². The van der Waals surface area contributed by atoms with Gasteiger partial charge in [0, 0.05) is 18.3 Å². The van der Waals surface area contributed by atoms with Crippen LogP contribution in [0.15, 0.2) is 12.5 Å². The molecule has 12 nitrogen and oxygen atoms in total. The van der Waals surface area contributed by atoms with E-state index in [1.54, 1.807) is 20.0 Å². The van der Waals surface area contributed by atoms with Crippen molar-refractivity contribution in [2.45, 2.75) is 70.1 Å². The summed E-state index contributed by atoms with van der Waals surface area (Å²) in [6, 6.07) is -3.88. The Morgan fingerprint density at radius 1 is 1.06 bits per heavy atom. The van der Waals surface area contributed by atoms with Gasteiger partial charge in [0.15, 0.2) is 0 Å². The number of imidazole rings is 1. The van der Waals surface area contributed by atoms with Crippen molar-refractivity contribution in [3.63, 3.8) is 0 Å². The van der Waals surface area contributed by atoms with E-state index in [4.69, 9.17) is 11.5 Å². The number of H-pyrrole nitrogens is 1. The van der Waals surface area contributed by atoms with Gasteiger partial charge in [0.05, 0.1) is 12.4 Å². The van der Waals surface area contributed by atoms with Gasteiger partial charge in [-0.1, -0.05) is 13.8 Å². The van der Waals surface area contributed by atoms with Gasteiger partial charge in [-0.15, -0.1) is 0 Å². The monoisotopic (exact) mass is 513 g/mol. The number of aromatic amines is 1. The molecule has 1 rings (SSSR count). The normalized spacial score (nSPS) is 14.6. The van der Waals surface area contributed by atoms with E-state index in [1.165, 1.54) is 18.1 Å². The van der Waals surface area contributed by atoms with E-state index in [-0.39, 0.29) is 18.8 Å². The first-order valence-corrected chi connectivity index (χ1v) is 13.1. The number of carbonyl (C=O) groups excluding carboxylic acids is 3. The topological polar surface area (TPSA) is 205 Å². The SMILES string of the molecule is CSCCC(NC(=O)C(NC(=O)C(CCCCN)NC(=O)C(N)Cc1cnc[nH]1)C(C)C)C(=O)O. The number of unbranched alkanes of at least 4 members (excludes halogenated alkanes) is 1. The number of aliphatic carboxylic acids is 1. The van der Waals surface area contributed by atoms with Gasteiger partial charge in [-0.3, -0.25) is 14.4 Å². The summed E-state index contributed by atoms with van der Waals surface area (Å²) in [7, 11) is 0. The Morgan fingerprint density at radius 2 is 1.74 bits per heavy atom. The van der Waals surface area contributed by atoms with Crippen molar-refractivity contribution >= 4 is 35.5 Å². The van der Waals surface area contributed by atoms with Crippen LogP contribution < -0.4 is 27.4 Å². The third kappa shape index (κ3) is 11.1. The van der Waals surface area contributed by atoms with Gasteiger partial charge in [-0.2, -0.15) is 11.8 Å². The second-order valence-corrected chi connectivity index (χ2v) is 9.63. The lowest BCUT2D eigenvalue weighted by atomic mass is 10.0. The number of carboxylic acid groups (broad SMARTS) is 1. The summed E-state index contributed by atoms with van der Waals surface area (Å²) in [5.74, 6) is -2.56. The second kappa shape index (κ2) is 16.1. The molecule has 0 aromatic carbocycles. The number of hydrogen-bond donors (Lipinski definition) is 7. The van der Waals surface area contributed by atoms with Crippen LogP contribution in [-0.4, -0.2) is 81.5 Å². The lowest BCUT2D eigenvalue weighted by molar-refractivity contribution is -0.142. The minimum Gasteiger partial charge on any atom is -0.480 e. The lowest BCUT2D eigenvalue weighted by Crippen LogP contribution is -2.58. The first-order chi connectivity index (χ1) is 16.6. The first-order valence-electron chi connectivity index (χ1n) is 11.7. The fourth-order valence-electron chi connectivity index (χ4n) is 3.31. The highest BCUT2D eigenvalue weighted by Crippen LogP contribution is 2.08. The number of rotatable bonds is 17. The molecule has 1 heterocycles. The number of thioether (sulfide) groups is 1. The van der Waals surface area contributed by atoms with Crippen LogP contribution >= 0.6 is 11.8 Å². The van der Waals surface area contributed by atoms with E-state index in [0.717, 1.165) is 0 Å². The maximum Gasteiger partial charge on any atom is 0.326 e. The predicted octanol–water partition coefficient (Wildman–Crippen LogP) is -0.643. The molecule has 0 saturated heterocycles. The average molecular weight is 514 g/mol. The quantitative estimate of drug-likeness (QED) is 0.132. The van der Waals surface area contributed by atoms with Crippen molar-refractivity contribution in [1.29, 1.82) is 0 Å². The number of nitrogens with one attached hydrogen (secondary N) is 4. The van der Waals surface area contributed by atoms with Crippen LogP contribution in [0, 0.1) is 5.92 Å². The van der Waals surface area contributed by atoms with E-state index in [0.29, 0.717) is 37.3 Å². The highest BCUT2D eigenvalue weighted by atomic mass is 32.2. The summed E-state index contributed by atoms with van der Waals surface area (Å²) in [4.78, 5) is 56.9. The Morgan fingerprint density at radius 3 is 2.29 bits per heavy atom. The number of nitrogens with two attached hydrogens (primary N) is 2. The van der Waals surface area contributed by atoms with E-state index in [9.17, 15) is 24.3 Å². The van der Waals surface area contributed by atoms with E-state index < -0.39 is 47.9 Å². The van der Waals surface area contributed by atoms with Gasteiger partial charge in [0.1, 0.15) is 18.1 Å². The number of carboxylic acids is 1. The Labute approximate surface area is 210 Å². The third-order valence-electron chi connectivity index (χ3n) is 5.38. The lowest BCUT2D eigenvalue weighted by Gasteiger charge is -2.27. The van der Waals surface area contributed by atoms with Gasteiger partial charge in [0.25, 0.3) is 0 Å². The van der Waals surface area contributed by atoms with Gasteiger partial charge >= 0.3 is 5.97 Å². The minimum absolute atomic E-state index is 0.215. The average Bonchev–Trinajstić information content (AvgIpc) is 3.31. The number of hydrogen-bond acceptors (Lipinski definition) is 8. The third-order valence-corrected chi connectivity index (χ3v) is 6.03. The Bertz CT molecular complexity index is 806. The highest BCUT2D eigenvalue weighted by Gasteiger charge is 2.31. The largest absolute Gasteiger partial charge is 0.480 e. The molecular weight excluding hydrogens is 474 g/mol. The zero-order valence-electron chi connectivity index (χ0n) is 20.6. The van der Waals surface area contributed by atoms with Crippen LogP contribution in [-0.2, 0) is 25.6 Å². The molecule has 0 aliphatic heterocycles. The summed E-state index contributed by atoms with van der Waals surface area (Å²) in [5.41, 5.74) is 12.2. The Hall–Kier alpha value is -2.64. The molecule has 198 valence electrons. The van der Waals surface area contributed by atoms with E-state index in [2.05, 4.69) is 25.9 Å². The molecular formula is C22H39N7O5S. The van der Waals surface area contributed by atoms with Gasteiger partial charge < -0.3 is 37.5 Å². The maximum atomic E-state index is 13.1. The summed E-state index contributed by atoms with van der Waals surface area (Å²) >= 11 is 1.47. The van der Waals surface area contributed by atoms with Crippen molar-refractivity contribution in [3.05, 3.63) is 18.2 Å². The summed E-state index contributed by atoms with van der Waals surface area (Å²) in [6.45, 7) is 3.92. The van der Waals surface area contributed by atoms with Crippen LogP contribution in [0.2, 0.25) is 0 Å². The standard InChI is InChI=1S/C22H39N7O5S/c1-13(2)18(21(32)28-17(22(33)34)7-9-35-3)29-20(31)16(6-4-5-8-23)27-19(30)15(24)10-14-11-25-12-26-14/h11-13,15-18H,4-10,23-24H2,1-3H3,(H,25,26)(H,27,30)(H,28,32)(H,29,31)(H,33,34). The number of carbonyl (C=O) groups is 4. The molecule has 0 bridgehead atoms. The van der Waals surface area contributed by atoms with Crippen molar-refractivity contribution in [1.82, 2.24) is 25.9 Å². The molecule has 0 radical (unpaired) electrons. The predicted molar refractivity (Wildman–Crippen MR) is 134 cm³/mol. The number of nitrogens with zero attached hydrogens (tertiary/aromatic N) is 1. The Kier molecular flexibility index (Phi) is 14.0. The Balaban J connectivity index is 2.89. The molecule has 0 fully saturated rings. The molecule has 4 unspecified atom stereocenters. The molecule has 1 aromatic rings. The first kappa shape index (κ1) is 30.4. The van der Waals surface area contributed by atoms with Crippen LogP contribution in [0.1, 0.15) is 45.2 Å². The smallest absolute Gasteiger partial charge is 0.326 e. The maximum absolute atomic E-state index is 13.1. The summed E-state index contributed by atoms with van der Waals surface area (Å²) in [6.07, 6.45) is 6.91. The number of aromatic nitrogens is 2. The number of amides is 3. The molecule has 0 saturated carbocycles. The van der Waals surface area contributed by atoms with Gasteiger partial charge in [-0.05, 0) is 50.2 Å². The van der Waals surface area contributed by atoms with Crippen LogP contribution in [0.25, 0.3) is 0 Å².